The third kappa shape index (κ3) is 3.81. The van der Waals surface area contributed by atoms with E-state index in [1.54, 1.807) is 7.11 Å². The third-order valence-electron chi connectivity index (χ3n) is 4.45. The summed E-state index contributed by atoms with van der Waals surface area (Å²) in [4.78, 5) is 4.68. The molecule has 0 bridgehead atoms. The highest BCUT2D eigenvalue weighted by atomic mass is 79.9. The van der Waals surface area contributed by atoms with Gasteiger partial charge in [-0.05, 0) is 61.1 Å². The Bertz CT molecular complexity index is 755. The molecule has 2 aromatic rings. The van der Waals surface area contributed by atoms with Crippen LogP contribution in [0.25, 0.3) is 0 Å². The number of nitrogens with one attached hydrogen (secondary N) is 1. The molecule has 4 heteroatoms. The van der Waals surface area contributed by atoms with E-state index in [2.05, 4.69) is 57.4 Å². The Morgan fingerprint density at radius 1 is 1.21 bits per heavy atom. The first kappa shape index (κ1) is 17.0. The number of amidine groups is 1. The molecular formula is C20H23BrN2O. The van der Waals surface area contributed by atoms with E-state index in [4.69, 9.17) is 4.74 Å². The molecule has 0 saturated heterocycles. The molecule has 3 nitrogen and oxygen atoms in total. The Morgan fingerprint density at radius 3 is 2.83 bits per heavy atom. The fraction of sp³-hybridized carbons (Fsp3) is 0.350. The molecule has 1 aliphatic rings. The van der Waals surface area contributed by atoms with Gasteiger partial charge in [0.1, 0.15) is 11.6 Å². The van der Waals surface area contributed by atoms with Crippen LogP contribution in [0.15, 0.2) is 45.9 Å². The number of hydrogen-bond acceptors (Lipinski definition) is 3. The smallest absolute Gasteiger partial charge is 0.128 e. The van der Waals surface area contributed by atoms with Crippen molar-refractivity contribution in [3.63, 3.8) is 0 Å². The molecule has 0 unspecified atom stereocenters. The summed E-state index contributed by atoms with van der Waals surface area (Å²) < 4.78 is 6.59. The summed E-state index contributed by atoms with van der Waals surface area (Å²) in [6.07, 6.45) is 3.02. The quantitative estimate of drug-likeness (QED) is 0.831. The van der Waals surface area contributed by atoms with Crippen LogP contribution in [0.1, 0.15) is 28.7 Å². The van der Waals surface area contributed by atoms with Gasteiger partial charge >= 0.3 is 0 Å². The van der Waals surface area contributed by atoms with Crippen molar-refractivity contribution in [2.24, 2.45) is 4.99 Å². The van der Waals surface area contributed by atoms with Crippen LogP contribution >= 0.6 is 15.9 Å². The highest BCUT2D eigenvalue weighted by Crippen LogP contribution is 2.26. The van der Waals surface area contributed by atoms with Gasteiger partial charge in [0.05, 0.1) is 7.11 Å². The summed E-state index contributed by atoms with van der Waals surface area (Å²) in [5, 5.41) is 3.45. The number of nitrogens with zero attached hydrogens (tertiary/aromatic N) is 1. The Morgan fingerprint density at radius 2 is 2.08 bits per heavy atom. The summed E-state index contributed by atoms with van der Waals surface area (Å²) in [5.41, 5.74) is 5.15. The van der Waals surface area contributed by atoms with Crippen molar-refractivity contribution in [2.75, 3.05) is 20.2 Å². The summed E-state index contributed by atoms with van der Waals surface area (Å²) in [7, 11) is 1.73. The van der Waals surface area contributed by atoms with Crippen LogP contribution in [0, 0.1) is 6.92 Å². The van der Waals surface area contributed by atoms with E-state index in [0.29, 0.717) is 0 Å². The third-order valence-corrected chi connectivity index (χ3v) is 4.94. The van der Waals surface area contributed by atoms with Crippen molar-refractivity contribution in [3.8, 4) is 5.75 Å². The maximum Gasteiger partial charge on any atom is 0.128 e. The molecule has 2 aromatic carbocycles. The molecule has 3 rings (SSSR count). The number of methoxy groups -OCH3 is 1. The fourth-order valence-corrected chi connectivity index (χ4v) is 3.58. The Hall–Kier alpha value is -1.81. The van der Waals surface area contributed by atoms with Crippen LogP contribution in [0.3, 0.4) is 0 Å². The van der Waals surface area contributed by atoms with Gasteiger partial charge in [0, 0.05) is 23.1 Å². The van der Waals surface area contributed by atoms with E-state index in [1.807, 2.05) is 12.1 Å². The summed E-state index contributed by atoms with van der Waals surface area (Å²) in [6, 6.07) is 12.7. The lowest BCUT2D eigenvalue weighted by Gasteiger charge is -2.19. The van der Waals surface area contributed by atoms with Crippen LogP contribution in [0.4, 0.5) is 0 Å². The predicted molar refractivity (Wildman–Crippen MR) is 103 cm³/mol. The van der Waals surface area contributed by atoms with Crippen molar-refractivity contribution < 1.29 is 4.74 Å². The largest absolute Gasteiger partial charge is 0.496 e. The second-order valence-corrected chi connectivity index (χ2v) is 6.98. The molecule has 0 saturated carbocycles. The number of aryl methyl sites for hydroxylation is 2. The maximum absolute atomic E-state index is 5.51. The molecule has 0 amide bonds. The van der Waals surface area contributed by atoms with Crippen LogP contribution in [-0.4, -0.2) is 26.0 Å². The molecule has 0 atom stereocenters. The molecule has 0 aromatic heterocycles. The molecule has 1 aliphatic heterocycles. The second kappa shape index (κ2) is 7.84. The van der Waals surface area contributed by atoms with E-state index < -0.39 is 0 Å². The zero-order valence-corrected chi connectivity index (χ0v) is 15.8. The number of hydrogen-bond donors (Lipinski definition) is 1. The maximum atomic E-state index is 5.51. The predicted octanol–water partition coefficient (Wildman–Crippen LogP) is 4.29. The van der Waals surface area contributed by atoms with Crippen molar-refractivity contribution >= 4 is 21.8 Å². The zero-order chi connectivity index (χ0) is 16.9. The second-order valence-electron chi connectivity index (χ2n) is 6.07. The molecule has 0 aliphatic carbocycles. The molecule has 24 heavy (non-hydrogen) atoms. The average Bonchev–Trinajstić information content (AvgIpc) is 2.61. The van der Waals surface area contributed by atoms with Crippen LogP contribution in [0.5, 0.6) is 5.75 Å². The molecule has 1 N–H and O–H groups in total. The van der Waals surface area contributed by atoms with Gasteiger partial charge in [0.25, 0.3) is 0 Å². The first-order valence-electron chi connectivity index (χ1n) is 8.38. The van der Waals surface area contributed by atoms with Crippen molar-refractivity contribution in [1.29, 1.82) is 0 Å². The molecule has 0 fully saturated rings. The highest BCUT2D eigenvalue weighted by Gasteiger charge is 2.14. The zero-order valence-electron chi connectivity index (χ0n) is 14.2. The molecule has 0 spiro atoms. The van der Waals surface area contributed by atoms with Crippen LogP contribution in [-0.2, 0) is 12.8 Å². The normalized spacial score (nSPS) is 14.0. The van der Waals surface area contributed by atoms with Gasteiger partial charge in [-0.1, -0.05) is 34.1 Å². The lowest BCUT2D eigenvalue weighted by atomic mass is 9.94. The number of aliphatic imine (C=N–C) groups is 1. The van der Waals surface area contributed by atoms with E-state index in [0.717, 1.165) is 48.4 Å². The van der Waals surface area contributed by atoms with Crippen molar-refractivity contribution in [2.45, 2.75) is 26.2 Å². The van der Waals surface area contributed by atoms with Gasteiger partial charge in [-0.15, -0.1) is 0 Å². The number of halogens is 1. The van der Waals surface area contributed by atoms with E-state index in [9.17, 15) is 0 Å². The van der Waals surface area contributed by atoms with E-state index >= 15 is 0 Å². The molecular weight excluding hydrogens is 364 g/mol. The summed E-state index contributed by atoms with van der Waals surface area (Å²) in [5.74, 6) is 1.99. The van der Waals surface area contributed by atoms with Gasteiger partial charge in [-0.3, -0.25) is 4.99 Å². The lowest BCUT2D eigenvalue weighted by molar-refractivity contribution is 0.409. The van der Waals surface area contributed by atoms with Crippen molar-refractivity contribution in [3.05, 3.63) is 63.1 Å². The Balaban J connectivity index is 1.88. The van der Waals surface area contributed by atoms with Crippen molar-refractivity contribution in [1.82, 2.24) is 5.32 Å². The fourth-order valence-electron chi connectivity index (χ4n) is 3.17. The topological polar surface area (TPSA) is 33.6 Å². The van der Waals surface area contributed by atoms with Gasteiger partial charge in [-0.25, -0.2) is 0 Å². The van der Waals surface area contributed by atoms with E-state index in [-0.39, 0.29) is 0 Å². The number of ether oxygens (including phenoxy) is 1. The first-order chi connectivity index (χ1) is 11.7. The van der Waals surface area contributed by atoms with Gasteiger partial charge < -0.3 is 10.1 Å². The standard InChI is InChI=1S/C20H23BrN2O/c1-14-5-3-6-18(20-22-11-4-12-23-20)17(14)9-7-15-13-16(21)8-10-19(15)24-2/h3,5-6,8,10,13H,4,7,9,11-12H2,1-2H3,(H,22,23). The van der Waals surface area contributed by atoms with E-state index in [1.165, 1.54) is 22.3 Å². The number of benzene rings is 2. The van der Waals surface area contributed by atoms with Crippen LogP contribution in [0.2, 0.25) is 0 Å². The average molecular weight is 387 g/mol. The highest BCUT2D eigenvalue weighted by molar-refractivity contribution is 9.10. The Kier molecular flexibility index (Phi) is 5.56. The first-order valence-corrected chi connectivity index (χ1v) is 9.18. The minimum atomic E-state index is 0.912. The summed E-state index contributed by atoms with van der Waals surface area (Å²) in [6.45, 7) is 4.10. The van der Waals surface area contributed by atoms with Crippen LogP contribution < -0.4 is 10.1 Å². The summed E-state index contributed by atoms with van der Waals surface area (Å²) >= 11 is 3.56. The van der Waals surface area contributed by atoms with Gasteiger partial charge in [0.2, 0.25) is 0 Å². The minimum absolute atomic E-state index is 0.912. The SMILES string of the molecule is COc1ccc(Br)cc1CCc1c(C)cccc1C1=NCCCN1. The lowest BCUT2D eigenvalue weighted by Crippen LogP contribution is -2.31. The molecule has 1 heterocycles. The monoisotopic (exact) mass is 386 g/mol. The minimum Gasteiger partial charge on any atom is -0.496 e. The Labute approximate surface area is 152 Å². The molecule has 0 radical (unpaired) electrons. The van der Waals surface area contributed by atoms with Gasteiger partial charge in [0.15, 0.2) is 0 Å². The van der Waals surface area contributed by atoms with Gasteiger partial charge in [-0.2, -0.15) is 0 Å². The number of rotatable bonds is 5. The molecule has 126 valence electrons.